The lowest BCUT2D eigenvalue weighted by atomic mass is 10.0. The Hall–Kier alpha value is -1.95. The number of aliphatic hydroxyl groups is 1. The third-order valence-electron chi connectivity index (χ3n) is 2.66. The SMILES string of the molecule is CCCC(C)(O)CNC(=O)c1ccnc(C(=O)O)c1. The molecule has 1 heterocycles. The van der Waals surface area contributed by atoms with Gasteiger partial charge in [0.2, 0.25) is 0 Å². The molecule has 0 aliphatic heterocycles. The molecule has 0 saturated carbocycles. The van der Waals surface area contributed by atoms with Crippen molar-refractivity contribution in [2.75, 3.05) is 6.54 Å². The Bertz CT molecular complexity index is 471. The molecule has 0 spiro atoms. The molecule has 6 heteroatoms. The molecule has 6 nitrogen and oxygen atoms in total. The molecule has 0 aliphatic rings. The summed E-state index contributed by atoms with van der Waals surface area (Å²) in [6.45, 7) is 3.70. The molecule has 0 radical (unpaired) electrons. The highest BCUT2D eigenvalue weighted by Crippen LogP contribution is 2.10. The lowest BCUT2D eigenvalue weighted by Gasteiger charge is -2.22. The molecule has 1 amide bonds. The van der Waals surface area contributed by atoms with Crippen LogP contribution < -0.4 is 5.32 Å². The molecule has 1 rings (SSSR count). The number of aromatic carboxylic acids is 1. The van der Waals surface area contributed by atoms with E-state index in [2.05, 4.69) is 10.3 Å². The van der Waals surface area contributed by atoms with Crippen molar-refractivity contribution in [3.05, 3.63) is 29.6 Å². The number of aromatic nitrogens is 1. The van der Waals surface area contributed by atoms with E-state index in [1.54, 1.807) is 6.92 Å². The van der Waals surface area contributed by atoms with Gasteiger partial charge in [-0.25, -0.2) is 9.78 Å². The van der Waals surface area contributed by atoms with Gasteiger partial charge in [0.25, 0.3) is 5.91 Å². The van der Waals surface area contributed by atoms with Crippen molar-refractivity contribution in [3.8, 4) is 0 Å². The molecule has 19 heavy (non-hydrogen) atoms. The molecule has 0 bridgehead atoms. The number of pyridine rings is 1. The van der Waals surface area contributed by atoms with Crippen LogP contribution in [0.25, 0.3) is 0 Å². The van der Waals surface area contributed by atoms with E-state index in [9.17, 15) is 14.7 Å². The Labute approximate surface area is 111 Å². The summed E-state index contributed by atoms with van der Waals surface area (Å²) < 4.78 is 0. The maximum absolute atomic E-state index is 11.8. The average molecular weight is 266 g/mol. The summed E-state index contributed by atoms with van der Waals surface area (Å²) in [7, 11) is 0. The van der Waals surface area contributed by atoms with Crippen LogP contribution in [0.2, 0.25) is 0 Å². The van der Waals surface area contributed by atoms with Gasteiger partial charge in [0.05, 0.1) is 5.60 Å². The van der Waals surface area contributed by atoms with Crippen LogP contribution in [0, 0.1) is 0 Å². The Morgan fingerprint density at radius 2 is 2.16 bits per heavy atom. The standard InChI is InChI=1S/C13H18N2O4/c1-3-5-13(2,19)8-15-11(16)9-4-6-14-10(7-9)12(17)18/h4,6-7,19H,3,5,8H2,1-2H3,(H,15,16)(H,17,18). The number of nitrogens with zero attached hydrogens (tertiary/aromatic N) is 1. The fraction of sp³-hybridized carbons (Fsp3) is 0.462. The van der Waals surface area contributed by atoms with Crippen LogP contribution in [0.4, 0.5) is 0 Å². The second kappa shape index (κ2) is 6.29. The first kappa shape index (κ1) is 15.1. The summed E-state index contributed by atoms with van der Waals surface area (Å²) in [6.07, 6.45) is 2.65. The molecule has 3 N–H and O–H groups in total. The van der Waals surface area contributed by atoms with Crippen molar-refractivity contribution in [1.29, 1.82) is 0 Å². The molecule has 0 aliphatic carbocycles. The molecule has 104 valence electrons. The van der Waals surface area contributed by atoms with E-state index in [4.69, 9.17) is 5.11 Å². The third kappa shape index (κ3) is 4.67. The number of carboxylic acids is 1. The summed E-state index contributed by atoms with van der Waals surface area (Å²) >= 11 is 0. The van der Waals surface area contributed by atoms with Gasteiger partial charge in [0.15, 0.2) is 0 Å². The minimum atomic E-state index is -1.19. The molecule has 1 atom stereocenters. The Kier molecular flexibility index (Phi) is 5.00. The molecule has 0 fully saturated rings. The van der Waals surface area contributed by atoms with Gasteiger partial charge in [-0.3, -0.25) is 4.79 Å². The first-order chi connectivity index (χ1) is 8.85. The Balaban J connectivity index is 2.68. The van der Waals surface area contributed by atoms with Crippen molar-refractivity contribution < 1.29 is 19.8 Å². The highest BCUT2D eigenvalue weighted by molar-refractivity contribution is 5.96. The first-order valence-corrected chi connectivity index (χ1v) is 6.05. The monoisotopic (exact) mass is 266 g/mol. The number of carbonyl (C=O) groups excluding carboxylic acids is 1. The van der Waals surface area contributed by atoms with Gasteiger partial charge in [-0.15, -0.1) is 0 Å². The van der Waals surface area contributed by atoms with Gasteiger partial charge >= 0.3 is 5.97 Å². The van der Waals surface area contributed by atoms with Gasteiger partial charge in [-0.2, -0.15) is 0 Å². The summed E-state index contributed by atoms with van der Waals surface area (Å²) in [6, 6.07) is 2.63. The largest absolute Gasteiger partial charge is 0.477 e. The Morgan fingerprint density at radius 1 is 1.47 bits per heavy atom. The van der Waals surface area contributed by atoms with E-state index in [1.807, 2.05) is 6.92 Å². The van der Waals surface area contributed by atoms with E-state index in [0.29, 0.717) is 6.42 Å². The van der Waals surface area contributed by atoms with Crippen molar-refractivity contribution in [3.63, 3.8) is 0 Å². The van der Waals surface area contributed by atoms with Gasteiger partial charge in [-0.1, -0.05) is 13.3 Å². The van der Waals surface area contributed by atoms with Crippen molar-refractivity contribution in [1.82, 2.24) is 10.3 Å². The van der Waals surface area contributed by atoms with Gasteiger partial charge in [0.1, 0.15) is 5.69 Å². The van der Waals surface area contributed by atoms with E-state index in [-0.39, 0.29) is 17.8 Å². The van der Waals surface area contributed by atoms with E-state index in [1.165, 1.54) is 18.3 Å². The summed E-state index contributed by atoms with van der Waals surface area (Å²) in [5, 5.41) is 21.3. The number of hydrogen-bond acceptors (Lipinski definition) is 4. The van der Waals surface area contributed by atoms with Crippen LogP contribution in [0.1, 0.15) is 47.5 Å². The molecule has 1 unspecified atom stereocenters. The van der Waals surface area contributed by atoms with Gasteiger partial charge in [0, 0.05) is 18.3 Å². The molecule has 0 saturated heterocycles. The minimum absolute atomic E-state index is 0.115. The van der Waals surface area contributed by atoms with Crippen molar-refractivity contribution in [2.24, 2.45) is 0 Å². The average Bonchev–Trinajstić information content (AvgIpc) is 2.36. The van der Waals surface area contributed by atoms with Crippen LogP contribution in [0.15, 0.2) is 18.3 Å². The fourth-order valence-electron chi connectivity index (χ4n) is 1.69. The second-order valence-corrected chi connectivity index (χ2v) is 4.66. The van der Waals surface area contributed by atoms with Crippen LogP contribution >= 0.6 is 0 Å². The minimum Gasteiger partial charge on any atom is -0.477 e. The highest BCUT2D eigenvalue weighted by atomic mass is 16.4. The Morgan fingerprint density at radius 3 is 2.74 bits per heavy atom. The molecular formula is C13H18N2O4. The van der Waals surface area contributed by atoms with Gasteiger partial charge < -0.3 is 15.5 Å². The zero-order valence-electron chi connectivity index (χ0n) is 11.0. The number of nitrogens with one attached hydrogen (secondary N) is 1. The predicted molar refractivity (Wildman–Crippen MR) is 69.1 cm³/mol. The number of carboxylic acid groups (broad SMARTS) is 1. The van der Waals surface area contributed by atoms with E-state index < -0.39 is 17.5 Å². The summed E-state index contributed by atoms with van der Waals surface area (Å²) in [5.41, 5.74) is -0.944. The first-order valence-electron chi connectivity index (χ1n) is 6.05. The third-order valence-corrected chi connectivity index (χ3v) is 2.66. The van der Waals surface area contributed by atoms with Crippen LogP contribution in [-0.2, 0) is 0 Å². The lowest BCUT2D eigenvalue weighted by molar-refractivity contribution is 0.0469. The number of amides is 1. The number of hydrogen-bond donors (Lipinski definition) is 3. The van der Waals surface area contributed by atoms with Gasteiger partial charge in [-0.05, 0) is 25.5 Å². The molecule has 1 aromatic heterocycles. The zero-order valence-corrected chi connectivity index (χ0v) is 11.0. The van der Waals surface area contributed by atoms with Crippen LogP contribution in [0.3, 0.4) is 0 Å². The number of rotatable bonds is 6. The topological polar surface area (TPSA) is 99.5 Å². The quantitative estimate of drug-likeness (QED) is 0.715. The van der Waals surface area contributed by atoms with Crippen LogP contribution in [-0.4, -0.2) is 39.2 Å². The zero-order chi connectivity index (χ0) is 14.5. The van der Waals surface area contributed by atoms with Crippen molar-refractivity contribution in [2.45, 2.75) is 32.3 Å². The second-order valence-electron chi connectivity index (χ2n) is 4.66. The highest BCUT2D eigenvalue weighted by Gasteiger charge is 2.20. The van der Waals surface area contributed by atoms with E-state index in [0.717, 1.165) is 6.42 Å². The maximum atomic E-state index is 11.8. The lowest BCUT2D eigenvalue weighted by Crippen LogP contribution is -2.40. The molecule has 0 aromatic carbocycles. The smallest absolute Gasteiger partial charge is 0.354 e. The predicted octanol–water partition coefficient (Wildman–Crippen LogP) is 1.06. The summed E-state index contributed by atoms with van der Waals surface area (Å²) in [4.78, 5) is 26.2. The maximum Gasteiger partial charge on any atom is 0.354 e. The normalized spacial score (nSPS) is 13.6. The number of carbonyl (C=O) groups is 2. The molecular weight excluding hydrogens is 248 g/mol. The molecule has 1 aromatic rings. The van der Waals surface area contributed by atoms with E-state index >= 15 is 0 Å². The fourth-order valence-corrected chi connectivity index (χ4v) is 1.69. The van der Waals surface area contributed by atoms with Crippen molar-refractivity contribution >= 4 is 11.9 Å². The summed E-state index contributed by atoms with van der Waals surface area (Å²) in [5.74, 6) is -1.62. The van der Waals surface area contributed by atoms with Crippen LogP contribution in [0.5, 0.6) is 0 Å².